The zero-order valence-corrected chi connectivity index (χ0v) is 9.92. The Bertz CT molecular complexity index is 395. The lowest BCUT2D eigenvalue weighted by Crippen LogP contribution is -2.34. The van der Waals surface area contributed by atoms with Gasteiger partial charge in [-0.15, -0.1) is 0 Å². The van der Waals surface area contributed by atoms with Gasteiger partial charge in [-0.25, -0.2) is 4.39 Å². The van der Waals surface area contributed by atoms with E-state index in [1.165, 1.54) is 6.07 Å². The second-order valence-electron chi connectivity index (χ2n) is 4.65. The average Bonchev–Trinajstić information content (AvgIpc) is 2.20. The normalized spacial score (nSPS) is 14.2. The number of nitrogens with zero attached hydrogens (tertiary/aromatic N) is 1. The largest absolute Gasteiger partial charge is 0.365 e. The van der Waals surface area contributed by atoms with E-state index in [0.717, 1.165) is 0 Å². The summed E-state index contributed by atoms with van der Waals surface area (Å²) in [6, 6.07) is 8.62. The van der Waals surface area contributed by atoms with Crippen molar-refractivity contribution >= 4 is 5.69 Å². The zero-order valence-electron chi connectivity index (χ0n) is 9.92. The van der Waals surface area contributed by atoms with Gasteiger partial charge in [-0.05, 0) is 31.4 Å². The molecule has 0 radical (unpaired) electrons. The number of benzene rings is 1. The number of para-hydroxylation sites is 1. The molecule has 0 bridgehead atoms. The Morgan fingerprint density at radius 3 is 2.56 bits per heavy atom. The average molecular weight is 220 g/mol. The standard InChI is InChI=1S/C13H17FN2/c1-10(2)8-13(3,9-15)16-12-7-5-4-6-11(12)14/h4-7,10,16H,8H2,1-3H3. The van der Waals surface area contributed by atoms with Crippen molar-refractivity contribution in [2.24, 2.45) is 5.92 Å². The molecule has 0 heterocycles. The van der Waals surface area contributed by atoms with Crippen LogP contribution in [0.15, 0.2) is 24.3 Å². The third-order valence-corrected chi connectivity index (χ3v) is 2.35. The fourth-order valence-electron chi connectivity index (χ4n) is 1.80. The van der Waals surface area contributed by atoms with Gasteiger partial charge in [-0.1, -0.05) is 26.0 Å². The van der Waals surface area contributed by atoms with Gasteiger partial charge in [0.25, 0.3) is 0 Å². The molecular weight excluding hydrogens is 203 g/mol. The van der Waals surface area contributed by atoms with Crippen molar-refractivity contribution in [3.05, 3.63) is 30.1 Å². The maximum atomic E-state index is 13.4. The molecule has 86 valence electrons. The Hall–Kier alpha value is -1.56. The van der Waals surface area contributed by atoms with E-state index in [1.54, 1.807) is 25.1 Å². The molecule has 0 spiro atoms. The summed E-state index contributed by atoms with van der Waals surface area (Å²) in [5, 5.41) is 12.1. The number of anilines is 1. The molecule has 0 fully saturated rings. The van der Waals surface area contributed by atoms with Gasteiger partial charge in [-0.2, -0.15) is 5.26 Å². The maximum Gasteiger partial charge on any atom is 0.146 e. The molecule has 0 aliphatic heterocycles. The molecule has 3 heteroatoms. The highest BCUT2D eigenvalue weighted by atomic mass is 19.1. The number of halogens is 1. The van der Waals surface area contributed by atoms with Crippen molar-refractivity contribution in [3.8, 4) is 6.07 Å². The van der Waals surface area contributed by atoms with E-state index in [4.69, 9.17) is 5.26 Å². The molecule has 0 aliphatic carbocycles. The van der Waals surface area contributed by atoms with Gasteiger partial charge in [0.2, 0.25) is 0 Å². The number of hydrogen-bond acceptors (Lipinski definition) is 2. The quantitative estimate of drug-likeness (QED) is 0.842. The number of nitrogens with one attached hydrogen (secondary N) is 1. The minimum absolute atomic E-state index is 0.326. The molecule has 16 heavy (non-hydrogen) atoms. The van der Waals surface area contributed by atoms with E-state index in [2.05, 4.69) is 11.4 Å². The minimum Gasteiger partial charge on any atom is -0.365 e. The molecule has 1 atom stereocenters. The van der Waals surface area contributed by atoms with Crippen LogP contribution in [-0.4, -0.2) is 5.54 Å². The molecule has 1 unspecified atom stereocenters. The van der Waals surface area contributed by atoms with Crippen molar-refractivity contribution in [2.45, 2.75) is 32.7 Å². The molecule has 0 aromatic heterocycles. The van der Waals surface area contributed by atoms with Gasteiger partial charge in [-0.3, -0.25) is 0 Å². The fraction of sp³-hybridized carbons (Fsp3) is 0.462. The van der Waals surface area contributed by atoms with E-state index in [-0.39, 0.29) is 5.82 Å². The molecule has 1 rings (SSSR count). The Morgan fingerprint density at radius 2 is 2.06 bits per heavy atom. The van der Waals surface area contributed by atoms with E-state index in [9.17, 15) is 4.39 Å². The third-order valence-electron chi connectivity index (χ3n) is 2.35. The maximum absolute atomic E-state index is 13.4. The number of nitriles is 1. The van der Waals surface area contributed by atoms with Crippen LogP contribution in [0.2, 0.25) is 0 Å². The van der Waals surface area contributed by atoms with Crippen LogP contribution < -0.4 is 5.32 Å². The van der Waals surface area contributed by atoms with Crippen LogP contribution in [0, 0.1) is 23.1 Å². The van der Waals surface area contributed by atoms with Crippen LogP contribution >= 0.6 is 0 Å². The molecule has 1 aromatic rings. The van der Waals surface area contributed by atoms with E-state index in [0.29, 0.717) is 18.0 Å². The lowest BCUT2D eigenvalue weighted by atomic mass is 9.92. The summed E-state index contributed by atoms with van der Waals surface area (Å²) in [7, 11) is 0. The van der Waals surface area contributed by atoms with Gasteiger partial charge in [0.1, 0.15) is 11.4 Å². The first-order valence-electron chi connectivity index (χ1n) is 5.41. The summed E-state index contributed by atoms with van der Waals surface area (Å²) < 4.78 is 13.4. The number of hydrogen-bond donors (Lipinski definition) is 1. The van der Waals surface area contributed by atoms with Gasteiger partial charge in [0, 0.05) is 0 Å². The highest BCUT2D eigenvalue weighted by Crippen LogP contribution is 2.23. The van der Waals surface area contributed by atoms with E-state index >= 15 is 0 Å². The summed E-state index contributed by atoms with van der Waals surface area (Å²) in [6.07, 6.45) is 0.678. The summed E-state index contributed by atoms with van der Waals surface area (Å²) in [5.74, 6) is 0.0525. The molecule has 0 aliphatic rings. The van der Waals surface area contributed by atoms with Crippen LogP contribution in [-0.2, 0) is 0 Å². The Kier molecular flexibility index (Phi) is 3.89. The first-order valence-corrected chi connectivity index (χ1v) is 5.41. The highest BCUT2D eigenvalue weighted by Gasteiger charge is 2.25. The van der Waals surface area contributed by atoms with Crippen LogP contribution in [0.25, 0.3) is 0 Å². The van der Waals surface area contributed by atoms with Crippen molar-refractivity contribution in [3.63, 3.8) is 0 Å². The second kappa shape index (κ2) is 4.98. The van der Waals surface area contributed by atoms with Crippen LogP contribution in [0.1, 0.15) is 27.2 Å². The second-order valence-corrected chi connectivity index (χ2v) is 4.65. The fourth-order valence-corrected chi connectivity index (χ4v) is 1.80. The zero-order chi connectivity index (χ0) is 12.2. The van der Waals surface area contributed by atoms with Crippen LogP contribution in [0.5, 0.6) is 0 Å². The summed E-state index contributed by atoms with van der Waals surface area (Å²) in [6.45, 7) is 5.87. The van der Waals surface area contributed by atoms with Gasteiger partial charge >= 0.3 is 0 Å². The first kappa shape index (κ1) is 12.5. The van der Waals surface area contributed by atoms with Crippen molar-refractivity contribution in [1.29, 1.82) is 5.26 Å². The minimum atomic E-state index is -0.726. The summed E-state index contributed by atoms with van der Waals surface area (Å²) >= 11 is 0. The molecule has 1 N–H and O–H groups in total. The van der Waals surface area contributed by atoms with Crippen molar-refractivity contribution < 1.29 is 4.39 Å². The molecule has 0 saturated heterocycles. The molecule has 1 aromatic carbocycles. The molecule has 0 amide bonds. The van der Waals surface area contributed by atoms with Gasteiger partial charge in [0.15, 0.2) is 0 Å². The molecule has 0 saturated carbocycles. The van der Waals surface area contributed by atoms with Crippen LogP contribution in [0.3, 0.4) is 0 Å². The molecule has 2 nitrogen and oxygen atoms in total. The SMILES string of the molecule is CC(C)CC(C)(C#N)Nc1ccccc1F. The summed E-state index contributed by atoms with van der Waals surface area (Å²) in [5.41, 5.74) is -0.344. The third kappa shape index (κ3) is 3.23. The summed E-state index contributed by atoms with van der Waals surface area (Å²) in [4.78, 5) is 0. The predicted octanol–water partition coefficient (Wildman–Crippen LogP) is 3.57. The van der Waals surface area contributed by atoms with Gasteiger partial charge in [0.05, 0.1) is 11.8 Å². The topological polar surface area (TPSA) is 35.8 Å². The highest BCUT2D eigenvalue weighted by molar-refractivity contribution is 5.48. The molecular formula is C13H17FN2. The van der Waals surface area contributed by atoms with Crippen LogP contribution in [0.4, 0.5) is 10.1 Å². The van der Waals surface area contributed by atoms with Crippen molar-refractivity contribution in [1.82, 2.24) is 0 Å². The van der Waals surface area contributed by atoms with Crippen molar-refractivity contribution in [2.75, 3.05) is 5.32 Å². The lowest BCUT2D eigenvalue weighted by Gasteiger charge is -2.26. The van der Waals surface area contributed by atoms with Gasteiger partial charge < -0.3 is 5.32 Å². The monoisotopic (exact) mass is 220 g/mol. The Morgan fingerprint density at radius 1 is 1.44 bits per heavy atom. The lowest BCUT2D eigenvalue weighted by molar-refractivity contribution is 0.471. The van der Waals surface area contributed by atoms with E-state index in [1.807, 2.05) is 13.8 Å². The Balaban J connectivity index is 2.86. The smallest absolute Gasteiger partial charge is 0.146 e. The predicted molar refractivity (Wildman–Crippen MR) is 63.5 cm³/mol. The Labute approximate surface area is 96.1 Å². The van der Waals surface area contributed by atoms with E-state index < -0.39 is 5.54 Å². The first-order chi connectivity index (χ1) is 7.47. The number of rotatable bonds is 4.